The Kier molecular flexibility index (Phi) is 4.45. The minimum Gasteiger partial charge on any atom is -0.311 e. The molecule has 0 radical (unpaired) electrons. The first-order chi connectivity index (χ1) is 8.58. The van der Waals surface area contributed by atoms with Crippen molar-refractivity contribution in [1.82, 2.24) is 0 Å². The lowest BCUT2D eigenvalue weighted by Gasteiger charge is -2.18. The number of hydrogen-bond donors (Lipinski definition) is 0. The first-order valence-electron chi connectivity index (χ1n) is 5.76. The lowest BCUT2D eigenvalue weighted by Crippen LogP contribution is -2.25. The number of carbonyl (C=O) groups is 2. The van der Waals surface area contributed by atoms with Crippen LogP contribution in [0.3, 0.4) is 0 Å². The molecule has 5 heteroatoms. The Bertz CT molecular complexity index is 478. The van der Waals surface area contributed by atoms with Crippen LogP contribution in [0.2, 0.25) is 0 Å². The van der Waals surface area contributed by atoms with Gasteiger partial charge in [-0.2, -0.15) is 0 Å². The number of hydrogen-bond acceptors (Lipinski definition) is 3. The second-order valence-corrected chi connectivity index (χ2v) is 6.38. The third-order valence-corrected chi connectivity index (χ3v) is 4.59. The number of carbonyl (C=O) groups excluding carboxylic acids is 2. The maximum Gasteiger partial charge on any atom is 0.227 e. The highest BCUT2D eigenvalue weighted by Crippen LogP contribution is 2.32. The molecule has 1 aliphatic rings. The molecule has 1 aromatic rings. The molecule has 1 atom stereocenters. The van der Waals surface area contributed by atoms with E-state index in [4.69, 9.17) is 0 Å². The van der Waals surface area contributed by atoms with Gasteiger partial charge in [-0.15, -0.1) is 0 Å². The van der Waals surface area contributed by atoms with Crippen LogP contribution in [0.15, 0.2) is 28.7 Å². The van der Waals surface area contributed by atoms with Crippen molar-refractivity contribution in [1.29, 1.82) is 0 Å². The minimum atomic E-state index is 0.113. The third-order valence-electron chi connectivity index (χ3n) is 2.87. The quantitative estimate of drug-likeness (QED) is 0.856. The SMILES string of the molecule is CC(=O)SCC1CC(=O)N(c2ccccc2Br)C1. The topological polar surface area (TPSA) is 37.4 Å². The zero-order chi connectivity index (χ0) is 13.1. The molecule has 3 nitrogen and oxygen atoms in total. The minimum absolute atomic E-state index is 0.113. The lowest BCUT2D eigenvalue weighted by atomic mass is 10.1. The van der Waals surface area contributed by atoms with E-state index in [0.717, 1.165) is 15.9 Å². The van der Waals surface area contributed by atoms with Crippen LogP contribution < -0.4 is 4.90 Å². The predicted octanol–water partition coefficient (Wildman–Crippen LogP) is 3.08. The van der Waals surface area contributed by atoms with Gasteiger partial charge in [-0.1, -0.05) is 23.9 Å². The number of rotatable bonds is 3. The molecule has 0 spiro atoms. The molecule has 1 unspecified atom stereocenters. The maximum atomic E-state index is 12.0. The van der Waals surface area contributed by atoms with E-state index in [1.807, 2.05) is 24.3 Å². The molecule has 0 aromatic heterocycles. The molecule has 18 heavy (non-hydrogen) atoms. The van der Waals surface area contributed by atoms with Crippen LogP contribution in [-0.2, 0) is 9.59 Å². The number of para-hydroxylation sites is 1. The average Bonchev–Trinajstić information content (AvgIpc) is 2.69. The fourth-order valence-electron chi connectivity index (χ4n) is 2.03. The van der Waals surface area contributed by atoms with Crippen LogP contribution in [0.25, 0.3) is 0 Å². The number of nitrogens with zero attached hydrogens (tertiary/aromatic N) is 1. The maximum absolute atomic E-state index is 12.0. The van der Waals surface area contributed by atoms with Crippen molar-refractivity contribution in [3.05, 3.63) is 28.7 Å². The normalized spacial score (nSPS) is 19.3. The van der Waals surface area contributed by atoms with E-state index in [2.05, 4.69) is 15.9 Å². The Labute approximate surface area is 119 Å². The van der Waals surface area contributed by atoms with Crippen LogP contribution in [0.5, 0.6) is 0 Å². The Balaban J connectivity index is 2.06. The number of amides is 1. The van der Waals surface area contributed by atoms with Gasteiger partial charge in [-0.05, 0) is 34.0 Å². The van der Waals surface area contributed by atoms with E-state index in [1.54, 1.807) is 11.8 Å². The largest absolute Gasteiger partial charge is 0.311 e. The van der Waals surface area contributed by atoms with Gasteiger partial charge in [0.15, 0.2) is 5.12 Å². The van der Waals surface area contributed by atoms with E-state index in [0.29, 0.717) is 13.0 Å². The molecule has 1 fully saturated rings. The highest BCUT2D eigenvalue weighted by Gasteiger charge is 2.31. The first-order valence-corrected chi connectivity index (χ1v) is 7.54. The first kappa shape index (κ1) is 13.6. The van der Waals surface area contributed by atoms with Crippen molar-refractivity contribution in [2.24, 2.45) is 5.92 Å². The molecule has 1 saturated heterocycles. The van der Waals surface area contributed by atoms with Gasteiger partial charge in [0, 0.05) is 30.1 Å². The summed E-state index contributed by atoms with van der Waals surface area (Å²) in [6.45, 7) is 2.26. The van der Waals surface area contributed by atoms with Crippen molar-refractivity contribution >= 4 is 44.4 Å². The van der Waals surface area contributed by atoms with Gasteiger partial charge >= 0.3 is 0 Å². The second-order valence-electron chi connectivity index (χ2n) is 4.33. The molecular formula is C13H14BrNO2S. The average molecular weight is 328 g/mol. The van der Waals surface area contributed by atoms with Crippen molar-refractivity contribution in [3.8, 4) is 0 Å². The number of benzene rings is 1. The summed E-state index contributed by atoms with van der Waals surface area (Å²) in [4.78, 5) is 24.7. The van der Waals surface area contributed by atoms with Gasteiger partial charge in [0.1, 0.15) is 0 Å². The van der Waals surface area contributed by atoms with Crippen molar-refractivity contribution < 1.29 is 9.59 Å². The van der Waals surface area contributed by atoms with Gasteiger partial charge in [-0.3, -0.25) is 9.59 Å². The highest BCUT2D eigenvalue weighted by molar-refractivity contribution is 9.10. The summed E-state index contributed by atoms with van der Waals surface area (Å²) in [5.41, 5.74) is 0.915. The van der Waals surface area contributed by atoms with Crippen LogP contribution in [0, 0.1) is 5.92 Å². The third kappa shape index (κ3) is 3.14. The molecule has 0 aliphatic carbocycles. The van der Waals surface area contributed by atoms with Crippen LogP contribution in [0.1, 0.15) is 13.3 Å². The van der Waals surface area contributed by atoms with Crippen molar-refractivity contribution in [2.75, 3.05) is 17.2 Å². The Morgan fingerprint density at radius 1 is 1.50 bits per heavy atom. The van der Waals surface area contributed by atoms with E-state index < -0.39 is 0 Å². The summed E-state index contributed by atoms with van der Waals surface area (Å²) >= 11 is 4.77. The Hall–Kier alpha value is -0.810. The summed E-state index contributed by atoms with van der Waals surface area (Å²) in [5.74, 6) is 1.12. The van der Waals surface area contributed by atoms with E-state index in [1.165, 1.54) is 11.8 Å². The molecule has 0 saturated carbocycles. The van der Waals surface area contributed by atoms with Crippen molar-refractivity contribution in [3.63, 3.8) is 0 Å². The van der Waals surface area contributed by atoms with Gasteiger partial charge in [0.05, 0.1) is 5.69 Å². The number of anilines is 1. The fourth-order valence-corrected chi connectivity index (χ4v) is 3.22. The molecule has 1 aromatic carbocycles. The lowest BCUT2D eigenvalue weighted by molar-refractivity contribution is -0.117. The Morgan fingerprint density at radius 3 is 2.89 bits per heavy atom. The van der Waals surface area contributed by atoms with E-state index in [9.17, 15) is 9.59 Å². The van der Waals surface area contributed by atoms with Crippen LogP contribution >= 0.6 is 27.7 Å². The molecular weight excluding hydrogens is 314 g/mol. The smallest absolute Gasteiger partial charge is 0.227 e. The fraction of sp³-hybridized carbons (Fsp3) is 0.385. The van der Waals surface area contributed by atoms with Crippen LogP contribution in [0.4, 0.5) is 5.69 Å². The van der Waals surface area contributed by atoms with Gasteiger partial charge in [-0.25, -0.2) is 0 Å². The molecule has 2 rings (SSSR count). The van der Waals surface area contributed by atoms with Crippen molar-refractivity contribution in [2.45, 2.75) is 13.3 Å². The summed E-state index contributed by atoms with van der Waals surface area (Å²) in [5, 5.41) is 0.113. The molecule has 1 aliphatic heterocycles. The van der Waals surface area contributed by atoms with Gasteiger partial charge in [0.2, 0.25) is 5.91 Å². The summed E-state index contributed by atoms with van der Waals surface area (Å²) < 4.78 is 0.929. The second kappa shape index (κ2) is 5.89. The number of thioether (sulfide) groups is 1. The molecule has 0 N–H and O–H groups in total. The predicted molar refractivity (Wildman–Crippen MR) is 77.7 cm³/mol. The summed E-state index contributed by atoms with van der Waals surface area (Å²) in [6, 6.07) is 7.71. The van der Waals surface area contributed by atoms with Crippen LogP contribution in [-0.4, -0.2) is 23.3 Å². The monoisotopic (exact) mass is 327 g/mol. The zero-order valence-corrected chi connectivity index (χ0v) is 12.5. The molecule has 1 amide bonds. The molecule has 96 valence electrons. The molecule has 1 heterocycles. The molecule has 0 bridgehead atoms. The summed E-state index contributed by atoms with van der Waals surface area (Å²) in [6.07, 6.45) is 0.529. The Morgan fingerprint density at radius 2 is 2.22 bits per heavy atom. The standard InChI is InChI=1S/C13H14BrNO2S/c1-9(16)18-8-10-6-13(17)15(7-10)12-5-3-2-4-11(12)14/h2-5,10H,6-8H2,1H3. The number of halogens is 1. The zero-order valence-electron chi connectivity index (χ0n) is 10.1. The van der Waals surface area contributed by atoms with Gasteiger partial charge < -0.3 is 4.90 Å². The summed E-state index contributed by atoms with van der Waals surface area (Å²) in [7, 11) is 0. The highest BCUT2D eigenvalue weighted by atomic mass is 79.9. The van der Waals surface area contributed by atoms with Gasteiger partial charge in [0.25, 0.3) is 0 Å². The van der Waals surface area contributed by atoms with E-state index >= 15 is 0 Å². The van der Waals surface area contributed by atoms with E-state index in [-0.39, 0.29) is 16.9 Å².